The third-order valence-electron chi connectivity index (χ3n) is 4.83. The van der Waals surface area contributed by atoms with E-state index in [1.807, 2.05) is 20.0 Å². The van der Waals surface area contributed by atoms with Crippen LogP contribution in [-0.4, -0.2) is 26.6 Å². The highest BCUT2D eigenvalue weighted by Crippen LogP contribution is 2.51. The predicted octanol–water partition coefficient (Wildman–Crippen LogP) is 3.99. The first-order valence-corrected chi connectivity index (χ1v) is 9.40. The van der Waals surface area contributed by atoms with Crippen molar-refractivity contribution in [3.05, 3.63) is 53.1 Å². The van der Waals surface area contributed by atoms with Crippen molar-refractivity contribution in [3.8, 4) is 5.75 Å². The molecule has 2 aliphatic rings. The van der Waals surface area contributed by atoms with Gasteiger partial charge in [0.05, 0.1) is 17.9 Å². The maximum absolute atomic E-state index is 6.53. The van der Waals surface area contributed by atoms with Crippen LogP contribution in [0.3, 0.4) is 0 Å². The fourth-order valence-corrected chi connectivity index (χ4v) is 4.14. The van der Waals surface area contributed by atoms with Gasteiger partial charge in [0.25, 0.3) is 0 Å². The van der Waals surface area contributed by atoms with Gasteiger partial charge >= 0.3 is 0 Å². The molecule has 0 aromatic carbocycles. The van der Waals surface area contributed by atoms with Gasteiger partial charge in [0, 0.05) is 23.4 Å². The molecule has 2 aromatic heterocycles. The second-order valence-electron chi connectivity index (χ2n) is 6.76. The highest BCUT2D eigenvalue weighted by Gasteiger charge is 2.61. The summed E-state index contributed by atoms with van der Waals surface area (Å²) in [6, 6.07) is 0.236. The van der Waals surface area contributed by atoms with E-state index >= 15 is 0 Å². The largest absolute Gasteiger partial charge is 0.481 e. The Morgan fingerprint density at radius 1 is 1.20 bits per heavy atom. The standard InChI is InChI=1S/C19H22N4OS/c1-12-10-21-18(25-12)23-17-9-19(17,15-7-5-4-6-8-15)24-16-11-20-14(3)22-13(16)2/h4-7,10-11,15,17H,8-9H2,1-3H3,(H,21,23)/t15?,17?,19-/m1/s1. The van der Waals surface area contributed by atoms with Crippen LogP contribution in [0.4, 0.5) is 5.13 Å². The van der Waals surface area contributed by atoms with E-state index in [0.717, 1.165) is 35.2 Å². The van der Waals surface area contributed by atoms with Crippen LogP contribution in [0.5, 0.6) is 5.75 Å². The normalized spacial score (nSPS) is 27.3. The van der Waals surface area contributed by atoms with Crippen molar-refractivity contribution in [2.24, 2.45) is 5.92 Å². The predicted molar refractivity (Wildman–Crippen MR) is 100 cm³/mol. The number of rotatable bonds is 5. The molecule has 0 radical (unpaired) electrons. The van der Waals surface area contributed by atoms with Gasteiger partial charge in [-0.3, -0.25) is 0 Å². The molecule has 1 N–H and O–H groups in total. The summed E-state index contributed by atoms with van der Waals surface area (Å²) in [6.45, 7) is 5.94. The van der Waals surface area contributed by atoms with E-state index in [0.29, 0.717) is 5.92 Å². The first-order chi connectivity index (χ1) is 12.1. The number of allylic oxidation sites excluding steroid dienone is 3. The van der Waals surface area contributed by atoms with Crippen molar-refractivity contribution in [2.45, 2.75) is 45.3 Å². The Labute approximate surface area is 151 Å². The number of hydrogen-bond acceptors (Lipinski definition) is 6. The number of nitrogens with zero attached hydrogens (tertiary/aromatic N) is 3. The Bertz CT molecular complexity index is 844. The van der Waals surface area contributed by atoms with Crippen molar-refractivity contribution in [3.63, 3.8) is 0 Å². The molecule has 2 unspecified atom stereocenters. The SMILES string of the molecule is Cc1ncc(O[C@@]2(C3C=CC=CC3)CC2Nc2ncc(C)s2)c(C)n1. The highest BCUT2D eigenvalue weighted by atomic mass is 32.1. The summed E-state index contributed by atoms with van der Waals surface area (Å²) in [4.78, 5) is 14.4. The van der Waals surface area contributed by atoms with Crippen molar-refractivity contribution in [2.75, 3.05) is 5.32 Å². The first-order valence-electron chi connectivity index (χ1n) is 8.58. The average molecular weight is 354 g/mol. The Morgan fingerprint density at radius 3 is 2.76 bits per heavy atom. The molecule has 0 amide bonds. The summed E-state index contributed by atoms with van der Waals surface area (Å²) in [5.41, 5.74) is 0.613. The van der Waals surface area contributed by atoms with Gasteiger partial charge < -0.3 is 10.1 Å². The van der Waals surface area contributed by atoms with E-state index in [-0.39, 0.29) is 11.6 Å². The summed E-state index contributed by atoms with van der Waals surface area (Å²) in [6.07, 6.45) is 14.3. The van der Waals surface area contributed by atoms with Crippen molar-refractivity contribution < 1.29 is 4.74 Å². The molecule has 5 nitrogen and oxygen atoms in total. The Hall–Kier alpha value is -2.21. The minimum absolute atomic E-state index is 0.236. The smallest absolute Gasteiger partial charge is 0.183 e. The summed E-state index contributed by atoms with van der Waals surface area (Å²) >= 11 is 1.68. The molecule has 1 saturated carbocycles. The molecule has 4 rings (SSSR count). The van der Waals surface area contributed by atoms with E-state index in [1.54, 1.807) is 17.5 Å². The Kier molecular flexibility index (Phi) is 4.07. The van der Waals surface area contributed by atoms with Gasteiger partial charge in [-0.25, -0.2) is 15.0 Å². The van der Waals surface area contributed by atoms with Crippen LogP contribution in [-0.2, 0) is 0 Å². The van der Waals surface area contributed by atoms with Crippen molar-refractivity contribution >= 4 is 16.5 Å². The molecular weight excluding hydrogens is 332 g/mol. The molecule has 2 heterocycles. The number of aromatic nitrogens is 3. The summed E-state index contributed by atoms with van der Waals surface area (Å²) in [5.74, 6) is 1.87. The molecule has 0 spiro atoms. The Balaban J connectivity index is 1.59. The van der Waals surface area contributed by atoms with Crippen LogP contribution in [0.25, 0.3) is 0 Å². The lowest BCUT2D eigenvalue weighted by Crippen LogP contribution is -2.35. The maximum atomic E-state index is 6.53. The highest BCUT2D eigenvalue weighted by molar-refractivity contribution is 7.15. The molecule has 2 aliphatic carbocycles. The average Bonchev–Trinajstić information content (AvgIpc) is 3.13. The molecule has 6 heteroatoms. The number of ether oxygens (including phenoxy) is 1. The van der Waals surface area contributed by atoms with Gasteiger partial charge in [0.2, 0.25) is 0 Å². The molecule has 3 atom stereocenters. The number of hydrogen-bond donors (Lipinski definition) is 1. The molecule has 0 saturated heterocycles. The van der Waals surface area contributed by atoms with E-state index in [4.69, 9.17) is 4.74 Å². The van der Waals surface area contributed by atoms with Crippen molar-refractivity contribution in [1.82, 2.24) is 15.0 Å². The molecule has 0 aliphatic heterocycles. The fraction of sp³-hybridized carbons (Fsp3) is 0.421. The number of anilines is 1. The van der Waals surface area contributed by atoms with Crippen LogP contribution in [0.2, 0.25) is 0 Å². The van der Waals surface area contributed by atoms with E-state index in [9.17, 15) is 0 Å². The van der Waals surface area contributed by atoms with Gasteiger partial charge in [0.1, 0.15) is 11.4 Å². The van der Waals surface area contributed by atoms with Crippen LogP contribution < -0.4 is 10.1 Å². The van der Waals surface area contributed by atoms with E-state index in [2.05, 4.69) is 51.5 Å². The third kappa shape index (κ3) is 3.18. The molecule has 1 fully saturated rings. The third-order valence-corrected chi connectivity index (χ3v) is 5.68. The summed E-state index contributed by atoms with van der Waals surface area (Å²) in [5, 5.41) is 4.52. The molecule has 2 aromatic rings. The molecule has 25 heavy (non-hydrogen) atoms. The van der Waals surface area contributed by atoms with Gasteiger partial charge in [-0.15, -0.1) is 11.3 Å². The zero-order chi connectivity index (χ0) is 17.4. The molecule has 130 valence electrons. The van der Waals surface area contributed by atoms with Crippen LogP contribution >= 0.6 is 11.3 Å². The quantitative estimate of drug-likeness (QED) is 0.880. The Morgan fingerprint density at radius 2 is 2.08 bits per heavy atom. The first kappa shape index (κ1) is 16.3. The second kappa shape index (κ2) is 6.26. The number of thiazole rings is 1. The zero-order valence-corrected chi connectivity index (χ0v) is 15.5. The minimum atomic E-state index is -0.274. The molecule has 0 bridgehead atoms. The van der Waals surface area contributed by atoms with Crippen LogP contribution in [0.1, 0.15) is 29.2 Å². The minimum Gasteiger partial charge on any atom is -0.481 e. The van der Waals surface area contributed by atoms with Gasteiger partial charge in [-0.1, -0.05) is 24.3 Å². The lowest BCUT2D eigenvalue weighted by molar-refractivity contribution is 0.126. The van der Waals surface area contributed by atoms with Gasteiger partial charge in [0.15, 0.2) is 10.9 Å². The van der Waals surface area contributed by atoms with Gasteiger partial charge in [-0.05, 0) is 27.2 Å². The summed E-state index contributed by atoms with van der Waals surface area (Å²) < 4.78 is 6.53. The van der Waals surface area contributed by atoms with Crippen molar-refractivity contribution in [1.29, 1.82) is 0 Å². The van der Waals surface area contributed by atoms with Crippen LogP contribution in [0, 0.1) is 26.7 Å². The topological polar surface area (TPSA) is 59.9 Å². The van der Waals surface area contributed by atoms with Crippen LogP contribution in [0.15, 0.2) is 36.7 Å². The zero-order valence-electron chi connectivity index (χ0n) is 14.7. The van der Waals surface area contributed by atoms with E-state index < -0.39 is 0 Å². The number of nitrogens with one attached hydrogen (secondary N) is 1. The van der Waals surface area contributed by atoms with Gasteiger partial charge in [-0.2, -0.15) is 0 Å². The van der Waals surface area contributed by atoms with E-state index in [1.165, 1.54) is 4.88 Å². The monoisotopic (exact) mass is 354 g/mol. The molecular formula is C19H22N4OS. The summed E-state index contributed by atoms with van der Waals surface area (Å²) in [7, 11) is 0. The number of aryl methyl sites for hydroxylation is 3. The lowest BCUT2D eigenvalue weighted by atomic mass is 9.92. The fourth-order valence-electron chi connectivity index (χ4n) is 3.42. The maximum Gasteiger partial charge on any atom is 0.183 e. The lowest BCUT2D eigenvalue weighted by Gasteiger charge is -2.28. The second-order valence-corrected chi connectivity index (χ2v) is 7.99.